The average molecular weight is 785 g/mol. The lowest BCUT2D eigenvalue weighted by Gasteiger charge is -2.26. The summed E-state index contributed by atoms with van der Waals surface area (Å²) in [5.74, 6) is 0. The molecule has 12 aromatic rings. The third kappa shape index (κ3) is 4.59. The van der Waals surface area contributed by atoms with E-state index in [0.29, 0.717) is 0 Å². The largest absolute Gasteiger partial charge is 0.134 e. The molecule has 276 valence electrons. The summed E-state index contributed by atoms with van der Waals surface area (Å²) in [5.41, 5.74) is 13.2. The first-order valence-electron chi connectivity index (χ1n) is 20.5. The van der Waals surface area contributed by atoms with Crippen LogP contribution in [-0.2, 0) is 5.41 Å². The number of hydrogen-bond donors (Lipinski definition) is 0. The van der Waals surface area contributed by atoms with Crippen LogP contribution in [0.2, 0.25) is 0 Å². The highest BCUT2D eigenvalue weighted by atomic mass is 32.1. The summed E-state index contributed by atoms with van der Waals surface area (Å²) in [6.07, 6.45) is 0. The molecule has 2 heterocycles. The van der Waals surface area contributed by atoms with Gasteiger partial charge in [0.1, 0.15) is 0 Å². The molecule has 2 heteroatoms. The molecule has 0 bridgehead atoms. The van der Waals surface area contributed by atoms with Crippen molar-refractivity contribution in [1.82, 2.24) is 0 Å². The average Bonchev–Trinajstić information content (AvgIpc) is 3.92. The molecule has 0 N–H and O–H groups in total. The van der Waals surface area contributed by atoms with Crippen molar-refractivity contribution in [3.63, 3.8) is 0 Å². The highest BCUT2D eigenvalue weighted by molar-refractivity contribution is 7.30. The normalized spacial score (nSPS) is 13.4. The van der Waals surface area contributed by atoms with Crippen molar-refractivity contribution in [2.45, 2.75) is 19.3 Å². The summed E-state index contributed by atoms with van der Waals surface area (Å²) in [4.78, 5) is 0. The van der Waals surface area contributed by atoms with E-state index in [4.69, 9.17) is 0 Å². The number of hydrogen-bond acceptors (Lipinski definition) is 2. The third-order valence-corrected chi connectivity index (χ3v) is 15.6. The number of thiophene rings is 2. The quantitative estimate of drug-likeness (QED) is 0.157. The maximum absolute atomic E-state index is 2.44. The van der Waals surface area contributed by atoms with E-state index in [2.05, 4.69) is 196 Å². The molecule has 10 aromatic carbocycles. The van der Waals surface area contributed by atoms with Crippen LogP contribution in [0, 0.1) is 0 Å². The topological polar surface area (TPSA) is 0 Å². The number of rotatable bonds is 3. The molecular weight excluding hydrogens is 749 g/mol. The predicted molar refractivity (Wildman–Crippen MR) is 259 cm³/mol. The van der Waals surface area contributed by atoms with Crippen molar-refractivity contribution in [3.8, 4) is 44.5 Å². The van der Waals surface area contributed by atoms with Crippen LogP contribution in [0.4, 0.5) is 0 Å². The van der Waals surface area contributed by atoms with Gasteiger partial charge < -0.3 is 0 Å². The highest BCUT2D eigenvalue weighted by Gasteiger charge is 2.38. The Hall–Kier alpha value is -6.58. The van der Waals surface area contributed by atoms with Crippen LogP contribution in [0.25, 0.3) is 117 Å². The van der Waals surface area contributed by atoms with Gasteiger partial charge in [0, 0.05) is 51.3 Å². The molecule has 0 fully saturated rings. The monoisotopic (exact) mass is 784 g/mol. The molecule has 0 saturated carbocycles. The second-order valence-electron chi connectivity index (χ2n) is 16.7. The smallest absolute Gasteiger partial charge is 0.0448 e. The second-order valence-corrected chi connectivity index (χ2v) is 18.8. The SMILES string of the molecule is CC1(C)c2ccccc2-c2cccc(-c3c4ccccc4c(-c4ccc(-c5c6ccccc6cc6c5sc5ccc7c8ccccc8sc7c56)cc4)c4ccccc34)c21. The summed E-state index contributed by atoms with van der Waals surface area (Å²) in [6.45, 7) is 4.79. The van der Waals surface area contributed by atoms with Crippen molar-refractivity contribution < 1.29 is 0 Å². The molecule has 0 radical (unpaired) electrons. The minimum absolute atomic E-state index is 0.120. The van der Waals surface area contributed by atoms with Gasteiger partial charge >= 0.3 is 0 Å². The summed E-state index contributed by atoms with van der Waals surface area (Å²) in [7, 11) is 0. The Balaban J connectivity index is 1.03. The minimum Gasteiger partial charge on any atom is -0.134 e. The standard InChI is InChI=1S/C57H36S2/c1-57(2)47-24-11-9-16-37(47)43-22-13-23-45(54(43)57)52-41-20-7-5-18-39(41)50(40-19-6-8-21-42(40)52)33-26-28-34(29-27-33)51-36-15-4-3-14-35(36)32-46-53-49(59-56(46)51)31-30-44-38-17-10-12-25-48(38)58-55(44)53/h3-32H,1-2H3. The van der Waals surface area contributed by atoms with E-state index < -0.39 is 0 Å². The molecule has 59 heavy (non-hydrogen) atoms. The summed E-state index contributed by atoms with van der Waals surface area (Å²) < 4.78 is 5.45. The van der Waals surface area contributed by atoms with Crippen molar-refractivity contribution >= 4 is 95.3 Å². The van der Waals surface area contributed by atoms with Gasteiger partial charge in [0.25, 0.3) is 0 Å². The van der Waals surface area contributed by atoms with Crippen LogP contribution in [0.15, 0.2) is 182 Å². The van der Waals surface area contributed by atoms with E-state index in [1.165, 1.54) is 128 Å². The molecular formula is C57H36S2. The summed E-state index contributed by atoms with van der Waals surface area (Å²) in [6, 6.07) is 68.5. The second kappa shape index (κ2) is 12.2. The van der Waals surface area contributed by atoms with Crippen LogP contribution in [0.5, 0.6) is 0 Å². The first-order chi connectivity index (χ1) is 29.0. The zero-order chi connectivity index (χ0) is 39.0. The molecule has 0 spiro atoms. The van der Waals surface area contributed by atoms with Gasteiger partial charge in [0.05, 0.1) is 0 Å². The van der Waals surface area contributed by atoms with Crippen molar-refractivity contribution in [1.29, 1.82) is 0 Å². The van der Waals surface area contributed by atoms with Gasteiger partial charge in [-0.15, -0.1) is 22.7 Å². The van der Waals surface area contributed by atoms with E-state index in [1.807, 2.05) is 22.7 Å². The molecule has 2 aromatic heterocycles. The first kappa shape index (κ1) is 33.4. The third-order valence-electron chi connectivity index (χ3n) is 13.2. The number of fused-ring (bicyclic) bond motifs is 13. The maximum Gasteiger partial charge on any atom is 0.0448 e. The molecule has 0 saturated heterocycles. The van der Waals surface area contributed by atoms with Gasteiger partial charge in [-0.2, -0.15) is 0 Å². The van der Waals surface area contributed by atoms with Crippen molar-refractivity contribution in [3.05, 3.63) is 193 Å². The Morgan fingerprint density at radius 3 is 1.66 bits per heavy atom. The van der Waals surface area contributed by atoms with Gasteiger partial charge in [-0.05, 0) is 101 Å². The van der Waals surface area contributed by atoms with E-state index in [-0.39, 0.29) is 5.41 Å². The van der Waals surface area contributed by atoms with Crippen LogP contribution in [-0.4, -0.2) is 0 Å². The predicted octanol–water partition coefficient (Wildman–Crippen LogP) is 17.2. The summed E-state index contributed by atoms with van der Waals surface area (Å²) in [5, 5.41) is 13.2. The Morgan fingerprint density at radius 1 is 0.356 bits per heavy atom. The van der Waals surface area contributed by atoms with Gasteiger partial charge in [-0.1, -0.05) is 178 Å². The van der Waals surface area contributed by atoms with E-state index in [1.54, 1.807) is 0 Å². The van der Waals surface area contributed by atoms with Crippen molar-refractivity contribution in [2.24, 2.45) is 0 Å². The molecule has 13 rings (SSSR count). The van der Waals surface area contributed by atoms with Crippen LogP contribution >= 0.6 is 22.7 Å². The summed E-state index contributed by atoms with van der Waals surface area (Å²) >= 11 is 3.87. The molecule has 0 unspecified atom stereocenters. The van der Waals surface area contributed by atoms with Crippen LogP contribution in [0.3, 0.4) is 0 Å². The zero-order valence-corrected chi connectivity index (χ0v) is 34.3. The molecule has 0 amide bonds. The van der Waals surface area contributed by atoms with Crippen LogP contribution < -0.4 is 0 Å². The van der Waals surface area contributed by atoms with E-state index >= 15 is 0 Å². The number of benzene rings is 10. The Kier molecular flexibility index (Phi) is 6.92. The van der Waals surface area contributed by atoms with Gasteiger partial charge in [-0.25, -0.2) is 0 Å². The van der Waals surface area contributed by atoms with E-state index in [0.717, 1.165) is 0 Å². The lowest BCUT2D eigenvalue weighted by molar-refractivity contribution is 0.662. The lowest BCUT2D eigenvalue weighted by Crippen LogP contribution is -2.16. The van der Waals surface area contributed by atoms with Gasteiger partial charge in [-0.3, -0.25) is 0 Å². The Labute approximate surface area is 350 Å². The maximum atomic E-state index is 2.44. The molecule has 0 aliphatic heterocycles. The van der Waals surface area contributed by atoms with Crippen molar-refractivity contribution in [2.75, 3.05) is 0 Å². The van der Waals surface area contributed by atoms with E-state index in [9.17, 15) is 0 Å². The Bertz CT molecular complexity index is 3690. The highest BCUT2D eigenvalue weighted by Crippen LogP contribution is 2.55. The minimum atomic E-state index is -0.120. The molecule has 1 aliphatic carbocycles. The van der Waals surface area contributed by atoms with Gasteiger partial charge in [0.2, 0.25) is 0 Å². The molecule has 1 aliphatic rings. The fourth-order valence-corrected chi connectivity index (χ4v) is 13.3. The lowest BCUT2D eigenvalue weighted by atomic mass is 9.77. The fourth-order valence-electron chi connectivity index (χ4n) is 10.7. The molecule has 0 atom stereocenters. The zero-order valence-electron chi connectivity index (χ0n) is 32.6. The Morgan fingerprint density at radius 2 is 0.915 bits per heavy atom. The molecule has 0 nitrogen and oxygen atoms in total. The fraction of sp³-hybridized carbons (Fsp3) is 0.0526. The first-order valence-corrected chi connectivity index (χ1v) is 22.1. The van der Waals surface area contributed by atoms with Gasteiger partial charge in [0.15, 0.2) is 0 Å². The van der Waals surface area contributed by atoms with Crippen LogP contribution in [0.1, 0.15) is 25.0 Å².